The molecule has 2 rings (SSSR count). The van der Waals surface area contributed by atoms with Gasteiger partial charge in [0.15, 0.2) is 0 Å². The summed E-state index contributed by atoms with van der Waals surface area (Å²) in [6.07, 6.45) is 0.857. The SMILES string of the molecule is Cc1cc(C(=O)N2CCC(CN)C2)c(N)c([N+](=O)[O-])c1.Cl. The number of nitrogens with zero attached hydrogens (tertiary/aromatic N) is 2. The Labute approximate surface area is 128 Å². The topological polar surface area (TPSA) is 115 Å². The fraction of sp³-hybridized carbons (Fsp3) is 0.462. The van der Waals surface area contributed by atoms with Crippen LogP contribution in [-0.4, -0.2) is 35.4 Å². The van der Waals surface area contributed by atoms with E-state index in [0.29, 0.717) is 31.1 Å². The summed E-state index contributed by atoms with van der Waals surface area (Å²) < 4.78 is 0. The molecule has 21 heavy (non-hydrogen) atoms. The molecule has 0 aliphatic carbocycles. The Hall–Kier alpha value is -1.86. The number of aryl methyl sites for hydroxylation is 1. The lowest BCUT2D eigenvalue weighted by Crippen LogP contribution is -2.30. The highest BCUT2D eigenvalue weighted by atomic mass is 35.5. The minimum atomic E-state index is -0.564. The normalized spacial score (nSPS) is 17.4. The second-order valence-corrected chi connectivity index (χ2v) is 5.14. The molecule has 1 heterocycles. The van der Waals surface area contributed by atoms with Gasteiger partial charge in [0.25, 0.3) is 11.6 Å². The minimum absolute atomic E-state index is 0. The first-order valence-corrected chi connectivity index (χ1v) is 6.48. The average Bonchev–Trinajstić information content (AvgIpc) is 2.88. The maximum absolute atomic E-state index is 12.4. The zero-order valence-electron chi connectivity index (χ0n) is 11.7. The molecule has 116 valence electrons. The first-order chi connectivity index (χ1) is 9.43. The van der Waals surface area contributed by atoms with Crippen LogP contribution in [0.4, 0.5) is 11.4 Å². The molecule has 1 aromatic rings. The second kappa shape index (κ2) is 6.73. The van der Waals surface area contributed by atoms with Crippen molar-refractivity contribution in [3.8, 4) is 0 Å². The quantitative estimate of drug-likeness (QED) is 0.496. The molecule has 1 fully saturated rings. The van der Waals surface area contributed by atoms with Crippen molar-refractivity contribution >= 4 is 29.7 Å². The number of carbonyl (C=O) groups is 1. The largest absolute Gasteiger partial charge is 0.393 e. The number of halogens is 1. The Kier molecular flexibility index (Phi) is 5.51. The van der Waals surface area contributed by atoms with Crippen molar-refractivity contribution in [2.45, 2.75) is 13.3 Å². The highest BCUT2D eigenvalue weighted by molar-refractivity contribution is 6.01. The summed E-state index contributed by atoms with van der Waals surface area (Å²) in [6, 6.07) is 2.97. The van der Waals surface area contributed by atoms with E-state index in [2.05, 4.69) is 0 Å². The van der Waals surface area contributed by atoms with Crippen molar-refractivity contribution in [1.82, 2.24) is 4.90 Å². The fourth-order valence-corrected chi connectivity index (χ4v) is 2.49. The lowest BCUT2D eigenvalue weighted by atomic mass is 10.1. The zero-order chi connectivity index (χ0) is 14.9. The van der Waals surface area contributed by atoms with Crippen molar-refractivity contribution < 1.29 is 9.72 Å². The molecule has 0 spiro atoms. The highest BCUT2D eigenvalue weighted by Gasteiger charge is 2.29. The number of amides is 1. The van der Waals surface area contributed by atoms with Gasteiger partial charge in [0.05, 0.1) is 10.5 Å². The minimum Gasteiger partial charge on any atom is -0.393 e. The van der Waals surface area contributed by atoms with E-state index in [1.807, 2.05) is 0 Å². The zero-order valence-corrected chi connectivity index (χ0v) is 12.6. The third-order valence-corrected chi connectivity index (χ3v) is 3.64. The van der Waals surface area contributed by atoms with Gasteiger partial charge >= 0.3 is 0 Å². The Bertz CT molecular complexity index is 565. The number of nitrogens with two attached hydrogens (primary N) is 2. The number of rotatable bonds is 3. The van der Waals surface area contributed by atoms with E-state index in [0.717, 1.165) is 6.42 Å². The summed E-state index contributed by atoms with van der Waals surface area (Å²) in [6.45, 7) is 3.43. The van der Waals surface area contributed by atoms with E-state index >= 15 is 0 Å². The fourth-order valence-electron chi connectivity index (χ4n) is 2.49. The van der Waals surface area contributed by atoms with E-state index in [1.165, 1.54) is 6.07 Å². The third kappa shape index (κ3) is 3.43. The molecule has 1 aromatic carbocycles. The van der Waals surface area contributed by atoms with Gasteiger partial charge in [0, 0.05) is 19.2 Å². The van der Waals surface area contributed by atoms with Crippen LogP contribution in [0.3, 0.4) is 0 Å². The molecular weight excluding hydrogens is 296 g/mol. The first kappa shape index (κ1) is 17.2. The number of benzene rings is 1. The van der Waals surface area contributed by atoms with Crippen LogP contribution in [0.25, 0.3) is 0 Å². The summed E-state index contributed by atoms with van der Waals surface area (Å²) in [7, 11) is 0. The predicted molar refractivity (Wildman–Crippen MR) is 82.6 cm³/mol. The summed E-state index contributed by atoms with van der Waals surface area (Å²) in [5.74, 6) is 0.0326. The molecule has 0 saturated carbocycles. The van der Waals surface area contributed by atoms with Crippen LogP contribution < -0.4 is 11.5 Å². The van der Waals surface area contributed by atoms with Crippen LogP contribution in [0.2, 0.25) is 0 Å². The molecule has 0 aromatic heterocycles. The van der Waals surface area contributed by atoms with Crippen molar-refractivity contribution in [1.29, 1.82) is 0 Å². The number of nitro benzene ring substituents is 1. The summed E-state index contributed by atoms with van der Waals surface area (Å²) in [4.78, 5) is 24.5. The van der Waals surface area contributed by atoms with Gasteiger partial charge in [-0.3, -0.25) is 14.9 Å². The summed E-state index contributed by atoms with van der Waals surface area (Å²) in [5.41, 5.74) is 11.9. The summed E-state index contributed by atoms with van der Waals surface area (Å²) >= 11 is 0. The highest BCUT2D eigenvalue weighted by Crippen LogP contribution is 2.29. The van der Waals surface area contributed by atoms with Gasteiger partial charge in [-0.05, 0) is 37.4 Å². The Morgan fingerprint density at radius 3 is 2.71 bits per heavy atom. The smallest absolute Gasteiger partial charge is 0.293 e. The molecule has 1 aliphatic rings. The predicted octanol–water partition coefficient (Wildman–Crippen LogP) is 1.33. The number of nitro groups is 1. The molecule has 0 bridgehead atoms. The van der Waals surface area contributed by atoms with Gasteiger partial charge < -0.3 is 16.4 Å². The molecule has 1 aliphatic heterocycles. The maximum Gasteiger partial charge on any atom is 0.293 e. The summed E-state index contributed by atoms with van der Waals surface area (Å²) in [5, 5.41) is 11.0. The lowest BCUT2D eigenvalue weighted by molar-refractivity contribution is -0.384. The van der Waals surface area contributed by atoms with Crippen LogP contribution in [0.5, 0.6) is 0 Å². The van der Waals surface area contributed by atoms with Gasteiger partial charge in [-0.25, -0.2) is 0 Å². The Morgan fingerprint density at radius 2 is 2.19 bits per heavy atom. The first-order valence-electron chi connectivity index (χ1n) is 6.48. The molecule has 0 radical (unpaired) electrons. The molecule has 1 amide bonds. The van der Waals surface area contributed by atoms with Gasteiger partial charge in [-0.1, -0.05) is 0 Å². The van der Waals surface area contributed by atoms with Crippen LogP contribution in [0.1, 0.15) is 22.3 Å². The molecule has 8 heteroatoms. The standard InChI is InChI=1S/C13H18N4O3.ClH/c1-8-4-10(12(15)11(5-8)17(19)20)13(18)16-3-2-9(6-14)7-16;/h4-5,9H,2-3,6-7,14-15H2,1H3;1H. The monoisotopic (exact) mass is 314 g/mol. The number of hydrogen-bond acceptors (Lipinski definition) is 5. The number of nitrogen functional groups attached to an aromatic ring is 1. The lowest BCUT2D eigenvalue weighted by Gasteiger charge is -2.17. The van der Waals surface area contributed by atoms with E-state index in [4.69, 9.17) is 11.5 Å². The Morgan fingerprint density at radius 1 is 1.52 bits per heavy atom. The van der Waals surface area contributed by atoms with Crippen molar-refractivity contribution in [2.75, 3.05) is 25.4 Å². The molecule has 1 unspecified atom stereocenters. The number of likely N-dealkylation sites (tertiary alicyclic amines) is 1. The number of hydrogen-bond donors (Lipinski definition) is 2. The Balaban J connectivity index is 0.00000220. The molecule has 1 atom stereocenters. The molecular formula is C13H19ClN4O3. The number of carbonyl (C=O) groups excluding carboxylic acids is 1. The van der Waals surface area contributed by atoms with Crippen LogP contribution >= 0.6 is 12.4 Å². The molecule has 7 nitrogen and oxygen atoms in total. The van der Waals surface area contributed by atoms with Crippen molar-refractivity contribution in [3.05, 3.63) is 33.4 Å². The third-order valence-electron chi connectivity index (χ3n) is 3.64. The maximum atomic E-state index is 12.4. The van der Waals surface area contributed by atoms with Crippen LogP contribution in [0, 0.1) is 23.0 Å². The molecule has 1 saturated heterocycles. The average molecular weight is 315 g/mol. The van der Waals surface area contributed by atoms with E-state index in [-0.39, 0.29) is 35.3 Å². The van der Waals surface area contributed by atoms with Gasteiger partial charge in [0.2, 0.25) is 0 Å². The van der Waals surface area contributed by atoms with Crippen LogP contribution in [0.15, 0.2) is 12.1 Å². The van der Waals surface area contributed by atoms with Gasteiger partial charge in [0.1, 0.15) is 5.69 Å². The van der Waals surface area contributed by atoms with E-state index in [9.17, 15) is 14.9 Å². The second-order valence-electron chi connectivity index (χ2n) is 5.14. The number of anilines is 1. The van der Waals surface area contributed by atoms with Crippen molar-refractivity contribution in [2.24, 2.45) is 11.7 Å². The van der Waals surface area contributed by atoms with E-state index < -0.39 is 4.92 Å². The van der Waals surface area contributed by atoms with Crippen molar-refractivity contribution in [3.63, 3.8) is 0 Å². The van der Waals surface area contributed by atoms with Crippen LogP contribution in [-0.2, 0) is 0 Å². The van der Waals surface area contributed by atoms with E-state index in [1.54, 1.807) is 17.9 Å². The molecule has 4 N–H and O–H groups in total. The van der Waals surface area contributed by atoms with Gasteiger partial charge in [-0.15, -0.1) is 12.4 Å². The van der Waals surface area contributed by atoms with Gasteiger partial charge in [-0.2, -0.15) is 0 Å².